The molecule has 4 amide bonds. The van der Waals surface area contributed by atoms with Gasteiger partial charge < -0.3 is 15.0 Å². The Morgan fingerprint density at radius 2 is 1.96 bits per heavy atom. The standard InChI is InChI=1S/C20H32N4O4/c1-15(2)5-9-23-10-7-20(8-11-23)6-4-16(28-20)12-21-17(25)13-24-18(26)14-22(3)19(24)27/h5,16H,4,6-14H2,1-3H3,(H,21,25). The van der Waals surface area contributed by atoms with Crippen molar-refractivity contribution in [1.29, 1.82) is 0 Å². The molecule has 3 aliphatic heterocycles. The molecule has 8 heteroatoms. The zero-order chi connectivity index (χ0) is 20.3. The Morgan fingerprint density at radius 3 is 2.57 bits per heavy atom. The van der Waals surface area contributed by atoms with Gasteiger partial charge in [-0.25, -0.2) is 4.79 Å². The first kappa shape index (κ1) is 20.8. The fourth-order valence-corrected chi connectivity index (χ4v) is 4.11. The third kappa shape index (κ3) is 4.91. The van der Waals surface area contributed by atoms with Crippen LogP contribution in [0.5, 0.6) is 0 Å². The van der Waals surface area contributed by atoms with Crippen LogP contribution in [0.25, 0.3) is 0 Å². The molecule has 3 saturated heterocycles. The molecule has 28 heavy (non-hydrogen) atoms. The van der Waals surface area contributed by atoms with Crippen LogP contribution in [0.2, 0.25) is 0 Å². The highest BCUT2D eigenvalue weighted by Crippen LogP contribution is 2.38. The van der Waals surface area contributed by atoms with E-state index in [1.54, 1.807) is 7.05 Å². The second kappa shape index (κ2) is 8.61. The van der Waals surface area contributed by atoms with Gasteiger partial charge >= 0.3 is 6.03 Å². The molecule has 1 unspecified atom stereocenters. The van der Waals surface area contributed by atoms with Crippen LogP contribution in [0.3, 0.4) is 0 Å². The lowest BCUT2D eigenvalue weighted by Gasteiger charge is -2.39. The molecule has 3 aliphatic rings. The van der Waals surface area contributed by atoms with Crippen LogP contribution >= 0.6 is 0 Å². The number of imide groups is 1. The quantitative estimate of drug-likeness (QED) is 0.538. The number of carbonyl (C=O) groups excluding carboxylic acids is 3. The normalized spacial score (nSPS) is 24.9. The second-order valence-electron chi connectivity index (χ2n) is 8.47. The van der Waals surface area contributed by atoms with Crippen LogP contribution in [-0.4, -0.2) is 90.6 Å². The average molecular weight is 393 g/mol. The van der Waals surface area contributed by atoms with Crippen molar-refractivity contribution in [2.24, 2.45) is 0 Å². The van der Waals surface area contributed by atoms with Crippen LogP contribution in [0, 0.1) is 0 Å². The number of nitrogens with one attached hydrogen (secondary N) is 1. The van der Waals surface area contributed by atoms with Crippen molar-refractivity contribution >= 4 is 17.8 Å². The van der Waals surface area contributed by atoms with Crippen molar-refractivity contribution in [3.63, 3.8) is 0 Å². The number of carbonyl (C=O) groups is 3. The number of allylic oxidation sites excluding steroid dienone is 1. The fourth-order valence-electron chi connectivity index (χ4n) is 4.11. The summed E-state index contributed by atoms with van der Waals surface area (Å²) in [7, 11) is 1.55. The molecule has 0 bridgehead atoms. The van der Waals surface area contributed by atoms with Crippen molar-refractivity contribution in [3.8, 4) is 0 Å². The summed E-state index contributed by atoms with van der Waals surface area (Å²) in [5.41, 5.74) is 1.29. The molecular formula is C20H32N4O4. The highest BCUT2D eigenvalue weighted by Gasteiger charge is 2.42. The summed E-state index contributed by atoms with van der Waals surface area (Å²) in [5.74, 6) is -0.656. The summed E-state index contributed by atoms with van der Waals surface area (Å²) < 4.78 is 6.33. The minimum absolute atomic E-state index is 0.000867. The molecular weight excluding hydrogens is 360 g/mol. The van der Waals surface area contributed by atoms with Gasteiger partial charge in [0.05, 0.1) is 11.7 Å². The van der Waals surface area contributed by atoms with Crippen LogP contribution < -0.4 is 5.32 Å². The van der Waals surface area contributed by atoms with Crippen LogP contribution in [0.4, 0.5) is 4.79 Å². The predicted molar refractivity (Wildman–Crippen MR) is 105 cm³/mol. The minimum atomic E-state index is -0.420. The van der Waals surface area contributed by atoms with Crippen molar-refractivity contribution in [3.05, 3.63) is 11.6 Å². The zero-order valence-electron chi connectivity index (χ0n) is 17.2. The van der Waals surface area contributed by atoms with Gasteiger partial charge in [0, 0.05) is 33.2 Å². The highest BCUT2D eigenvalue weighted by atomic mass is 16.5. The number of likely N-dealkylation sites (N-methyl/N-ethyl adjacent to an activating group) is 1. The van der Waals surface area contributed by atoms with E-state index in [9.17, 15) is 14.4 Å². The number of urea groups is 1. The van der Waals surface area contributed by atoms with Gasteiger partial charge in [-0.2, -0.15) is 0 Å². The number of rotatable bonds is 6. The number of likely N-dealkylation sites (tertiary alicyclic amines) is 1. The maximum absolute atomic E-state index is 12.1. The first-order chi connectivity index (χ1) is 13.3. The third-order valence-electron chi connectivity index (χ3n) is 5.92. The van der Waals surface area contributed by atoms with Gasteiger partial charge in [0.15, 0.2) is 0 Å². The van der Waals surface area contributed by atoms with Crippen LogP contribution in [0.1, 0.15) is 39.5 Å². The number of ether oxygens (including phenoxy) is 1. The van der Waals surface area contributed by atoms with Gasteiger partial charge in [0.25, 0.3) is 5.91 Å². The lowest BCUT2D eigenvalue weighted by atomic mass is 9.88. The molecule has 0 aromatic rings. The van der Waals surface area contributed by atoms with E-state index in [2.05, 4.69) is 30.1 Å². The van der Waals surface area contributed by atoms with E-state index in [0.29, 0.717) is 6.54 Å². The Kier molecular flexibility index (Phi) is 6.40. The monoisotopic (exact) mass is 392 g/mol. The van der Waals surface area contributed by atoms with E-state index < -0.39 is 6.03 Å². The molecule has 1 N–H and O–H groups in total. The minimum Gasteiger partial charge on any atom is -0.370 e. The molecule has 0 aromatic heterocycles. The Labute approximate surface area is 166 Å². The summed E-state index contributed by atoms with van der Waals surface area (Å²) in [6.45, 7) is 7.56. The SMILES string of the molecule is CC(C)=CCN1CCC2(CCC(CNC(=O)CN3C(=O)CN(C)C3=O)O2)CC1. The Morgan fingerprint density at radius 1 is 1.25 bits per heavy atom. The zero-order valence-corrected chi connectivity index (χ0v) is 17.2. The largest absolute Gasteiger partial charge is 0.370 e. The summed E-state index contributed by atoms with van der Waals surface area (Å²) in [5, 5.41) is 2.82. The maximum Gasteiger partial charge on any atom is 0.327 e. The summed E-state index contributed by atoms with van der Waals surface area (Å²) in [6.07, 6.45) is 6.27. The predicted octanol–water partition coefficient (Wildman–Crippen LogP) is 0.976. The van der Waals surface area contributed by atoms with Crippen molar-refractivity contribution < 1.29 is 19.1 Å². The molecule has 3 heterocycles. The van der Waals surface area contributed by atoms with E-state index in [1.807, 2.05) is 0 Å². The Hall–Kier alpha value is -1.93. The van der Waals surface area contributed by atoms with Gasteiger partial charge in [-0.1, -0.05) is 11.6 Å². The third-order valence-corrected chi connectivity index (χ3v) is 5.92. The maximum atomic E-state index is 12.1. The lowest BCUT2D eigenvalue weighted by Crippen LogP contribution is -2.46. The molecule has 0 aromatic carbocycles. The molecule has 0 saturated carbocycles. The van der Waals surface area contributed by atoms with Crippen LogP contribution in [0.15, 0.2) is 11.6 Å². The summed E-state index contributed by atoms with van der Waals surface area (Å²) in [4.78, 5) is 40.5. The number of piperidine rings is 1. The van der Waals surface area contributed by atoms with Gasteiger partial charge in [-0.15, -0.1) is 0 Å². The van der Waals surface area contributed by atoms with E-state index in [1.165, 1.54) is 10.5 Å². The summed E-state index contributed by atoms with van der Waals surface area (Å²) >= 11 is 0. The fraction of sp³-hybridized carbons (Fsp3) is 0.750. The molecule has 1 spiro atoms. The number of nitrogens with zero attached hydrogens (tertiary/aromatic N) is 3. The molecule has 1 atom stereocenters. The van der Waals surface area contributed by atoms with Crippen molar-refractivity contribution in [2.45, 2.75) is 51.2 Å². The number of hydrogen-bond acceptors (Lipinski definition) is 5. The highest BCUT2D eigenvalue weighted by molar-refractivity contribution is 6.04. The van der Waals surface area contributed by atoms with Gasteiger partial charge in [-0.05, 0) is 39.5 Å². The average Bonchev–Trinajstić information content (AvgIpc) is 3.15. The van der Waals surface area contributed by atoms with E-state index in [-0.39, 0.29) is 36.6 Å². The topological polar surface area (TPSA) is 82.2 Å². The van der Waals surface area contributed by atoms with Gasteiger partial charge in [0.1, 0.15) is 13.1 Å². The molecule has 3 rings (SSSR count). The number of hydrogen-bond donors (Lipinski definition) is 1. The number of amides is 4. The Bertz CT molecular complexity index is 651. The van der Waals surface area contributed by atoms with E-state index >= 15 is 0 Å². The van der Waals surface area contributed by atoms with Crippen molar-refractivity contribution in [2.75, 3.05) is 46.3 Å². The summed E-state index contributed by atoms with van der Waals surface area (Å²) in [6, 6.07) is -0.420. The second-order valence-corrected chi connectivity index (χ2v) is 8.47. The molecule has 8 nitrogen and oxygen atoms in total. The van der Waals surface area contributed by atoms with E-state index in [4.69, 9.17) is 4.74 Å². The smallest absolute Gasteiger partial charge is 0.327 e. The van der Waals surface area contributed by atoms with Gasteiger partial charge in [-0.3, -0.25) is 19.4 Å². The lowest BCUT2D eigenvalue weighted by molar-refractivity contribution is -0.131. The molecule has 3 fully saturated rings. The molecule has 156 valence electrons. The first-order valence-electron chi connectivity index (χ1n) is 10.1. The van der Waals surface area contributed by atoms with Crippen molar-refractivity contribution in [1.82, 2.24) is 20.0 Å². The van der Waals surface area contributed by atoms with E-state index in [0.717, 1.165) is 50.2 Å². The Balaban J connectivity index is 1.39. The molecule has 0 aliphatic carbocycles. The van der Waals surface area contributed by atoms with Crippen LogP contribution in [-0.2, 0) is 14.3 Å². The first-order valence-corrected chi connectivity index (χ1v) is 10.1. The molecule has 0 radical (unpaired) electrons. The van der Waals surface area contributed by atoms with Gasteiger partial charge in [0.2, 0.25) is 5.91 Å².